The van der Waals surface area contributed by atoms with Gasteiger partial charge in [-0.05, 0) is 49.4 Å². The van der Waals surface area contributed by atoms with Crippen LogP contribution in [0.4, 0.5) is 0 Å². The second-order valence-electron chi connectivity index (χ2n) is 29.3. The molecule has 97 heavy (non-hydrogen) atoms. The van der Waals surface area contributed by atoms with Crippen LogP contribution in [0, 0.1) is 23.7 Å². The Labute approximate surface area is 594 Å². The van der Waals surface area contributed by atoms with Gasteiger partial charge in [-0.15, -0.1) is 0 Å². The number of phosphoric ester groups is 2. The zero-order valence-electron chi connectivity index (χ0n) is 63.7. The molecule has 0 aliphatic heterocycles. The first-order valence-corrected chi connectivity index (χ1v) is 43.3. The minimum absolute atomic E-state index is 0.102. The summed E-state index contributed by atoms with van der Waals surface area (Å²) in [6.45, 7) is 14.2. The van der Waals surface area contributed by atoms with E-state index < -0.39 is 97.5 Å². The van der Waals surface area contributed by atoms with Crippen LogP contribution in [-0.2, 0) is 65.4 Å². The van der Waals surface area contributed by atoms with Gasteiger partial charge in [0, 0.05) is 25.7 Å². The monoisotopic (exact) mass is 1420 g/mol. The van der Waals surface area contributed by atoms with E-state index in [0.717, 1.165) is 120 Å². The first-order chi connectivity index (χ1) is 46.7. The number of unbranched alkanes of at least 4 members (excludes halogenated alkanes) is 38. The lowest BCUT2D eigenvalue weighted by atomic mass is 9.99. The van der Waals surface area contributed by atoms with E-state index in [0.29, 0.717) is 25.7 Å². The highest BCUT2D eigenvalue weighted by atomic mass is 31.2. The minimum Gasteiger partial charge on any atom is -0.462 e. The number of carbonyl (C=O) groups is 4. The standard InChI is InChI=1S/C78H152O17P2/c1-9-69(6)55-47-39-31-27-23-19-16-17-20-24-28-32-42-50-58-75(80)88-64-73(94-77(82)60-52-44-33-29-25-21-15-13-12-14-18-22-26-30-38-46-54-68(4)5)66-92-96(84,85)90-62-72(79)63-91-97(86,87)93-67-74(95-78(83)61-53-45-37-35-41-49-57-71(8)11-3)65-89-76(81)59-51-43-36-34-40-48-56-70(7)10-2/h68-74,79H,9-67H2,1-8H3,(H,84,85)(H,86,87)/t69?,70?,71?,72-,73-,74-/m1/s1. The number of ether oxygens (including phenoxy) is 4. The Bertz CT molecular complexity index is 1910. The molecule has 0 saturated heterocycles. The maximum atomic E-state index is 13.1. The van der Waals surface area contributed by atoms with Crippen molar-refractivity contribution >= 4 is 39.5 Å². The van der Waals surface area contributed by atoms with Gasteiger partial charge in [-0.25, -0.2) is 9.13 Å². The molecule has 0 aromatic carbocycles. The lowest BCUT2D eigenvalue weighted by Crippen LogP contribution is -2.30. The van der Waals surface area contributed by atoms with Crippen molar-refractivity contribution in [1.82, 2.24) is 0 Å². The van der Waals surface area contributed by atoms with Crippen LogP contribution in [0.3, 0.4) is 0 Å². The first-order valence-electron chi connectivity index (χ1n) is 40.3. The number of rotatable bonds is 75. The van der Waals surface area contributed by atoms with E-state index in [1.807, 2.05) is 0 Å². The Kier molecular flexibility index (Phi) is 65.9. The van der Waals surface area contributed by atoms with Gasteiger partial charge in [0.25, 0.3) is 0 Å². The van der Waals surface area contributed by atoms with Gasteiger partial charge in [0.15, 0.2) is 12.2 Å². The molecule has 0 aromatic rings. The summed E-state index contributed by atoms with van der Waals surface area (Å²) in [5, 5.41) is 10.6. The highest BCUT2D eigenvalue weighted by Crippen LogP contribution is 2.45. The molecule has 3 N–H and O–H groups in total. The van der Waals surface area contributed by atoms with E-state index in [9.17, 15) is 43.2 Å². The fourth-order valence-corrected chi connectivity index (χ4v) is 13.4. The predicted octanol–water partition coefficient (Wildman–Crippen LogP) is 22.8. The summed E-state index contributed by atoms with van der Waals surface area (Å²) in [6.07, 6.45) is 52.8. The molecule has 0 saturated carbocycles. The van der Waals surface area contributed by atoms with E-state index in [-0.39, 0.29) is 25.7 Å². The molecule has 0 fully saturated rings. The van der Waals surface area contributed by atoms with Crippen LogP contribution in [0.5, 0.6) is 0 Å². The number of esters is 4. The highest BCUT2D eigenvalue weighted by Gasteiger charge is 2.30. The Hall–Kier alpha value is -1.94. The van der Waals surface area contributed by atoms with Gasteiger partial charge in [-0.1, -0.05) is 344 Å². The summed E-state index contributed by atoms with van der Waals surface area (Å²) in [7, 11) is -9.92. The summed E-state index contributed by atoms with van der Waals surface area (Å²) in [4.78, 5) is 72.8. The molecular weight excluding hydrogens is 1270 g/mol. The number of aliphatic hydroxyl groups is 1. The number of aliphatic hydroxyl groups excluding tert-OH is 1. The molecule has 0 heterocycles. The second kappa shape index (κ2) is 67.2. The molecule has 0 bridgehead atoms. The molecule has 19 heteroatoms. The largest absolute Gasteiger partial charge is 0.472 e. The topological polar surface area (TPSA) is 237 Å². The molecule has 0 amide bonds. The summed E-state index contributed by atoms with van der Waals surface area (Å²) in [5.74, 6) is 0.988. The Morgan fingerprint density at radius 2 is 0.495 bits per heavy atom. The predicted molar refractivity (Wildman–Crippen MR) is 395 cm³/mol. The molecule has 17 nitrogen and oxygen atoms in total. The average molecular weight is 1420 g/mol. The number of carbonyl (C=O) groups excluding carboxylic acids is 4. The molecule has 576 valence electrons. The van der Waals surface area contributed by atoms with E-state index in [1.165, 1.54) is 193 Å². The van der Waals surface area contributed by atoms with Crippen LogP contribution in [0.15, 0.2) is 0 Å². The molecular formula is C78H152O17P2. The smallest absolute Gasteiger partial charge is 0.462 e. The lowest BCUT2D eigenvalue weighted by Gasteiger charge is -2.21. The van der Waals surface area contributed by atoms with Gasteiger partial charge in [0.05, 0.1) is 26.4 Å². The molecule has 0 aromatic heterocycles. The molecule has 0 spiro atoms. The van der Waals surface area contributed by atoms with Gasteiger partial charge in [-0.2, -0.15) is 0 Å². The van der Waals surface area contributed by atoms with Crippen molar-refractivity contribution in [3.8, 4) is 0 Å². The quantitative estimate of drug-likeness (QED) is 0.0222. The van der Waals surface area contributed by atoms with Crippen LogP contribution in [-0.4, -0.2) is 96.7 Å². The van der Waals surface area contributed by atoms with Gasteiger partial charge in [0.2, 0.25) is 0 Å². The Morgan fingerprint density at radius 1 is 0.289 bits per heavy atom. The van der Waals surface area contributed by atoms with Crippen molar-refractivity contribution in [1.29, 1.82) is 0 Å². The lowest BCUT2D eigenvalue weighted by molar-refractivity contribution is -0.161. The maximum Gasteiger partial charge on any atom is 0.472 e. The number of hydrogen-bond acceptors (Lipinski definition) is 15. The van der Waals surface area contributed by atoms with Gasteiger partial charge in [-0.3, -0.25) is 37.3 Å². The van der Waals surface area contributed by atoms with Crippen molar-refractivity contribution < 1.29 is 80.2 Å². The fraction of sp³-hybridized carbons (Fsp3) is 0.949. The minimum atomic E-state index is -4.96. The normalized spacial score (nSPS) is 14.9. The summed E-state index contributed by atoms with van der Waals surface area (Å²) in [6, 6.07) is 0. The number of phosphoric acid groups is 2. The van der Waals surface area contributed by atoms with Gasteiger partial charge in [0.1, 0.15) is 19.3 Å². The Balaban J connectivity index is 5.23. The van der Waals surface area contributed by atoms with Crippen molar-refractivity contribution in [3.63, 3.8) is 0 Å². The van der Waals surface area contributed by atoms with Crippen molar-refractivity contribution in [2.24, 2.45) is 23.7 Å². The van der Waals surface area contributed by atoms with E-state index in [4.69, 9.17) is 37.0 Å². The van der Waals surface area contributed by atoms with Crippen LogP contribution >= 0.6 is 15.6 Å². The van der Waals surface area contributed by atoms with Crippen LogP contribution in [0.1, 0.15) is 396 Å². The molecule has 8 atom stereocenters. The second-order valence-corrected chi connectivity index (χ2v) is 32.2. The SMILES string of the molecule is CCC(C)CCCCCCCCCCCCCCCCC(=O)OC[C@H](COP(=O)(O)OC[C@@H](O)COP(=O)(O)OC[C@@H](COC(=O)CCCCCCCCC(C)CC)OC(=O)CCCCCCCCC(C)CC)OC(=O)CCCCCCCCCCCCCCCCCCC(C)C. The van der Waals surface area contributed by atoms with Crippen LogP contribution in [0.25, 0.3) is 0 Å². The van der Waals surface area contributed by atoms with Crippen molar-refractivity contribution in [3.05, 3.63) is 0 Å². The fourth-order valence-electron chi connectivity index (χ4n) is 11.8. The van der Waals surface area contributed by atoms with Gasteiger partial charge >= 0.3 is 39.5 Å². The zero-order chi connectivity index (χ0) is 71.7. The highest BCUT2D eigenvalue weighted by molar-refractivity contribution is 7.47. The molecule has 0 radical (unpaired) electrons. The molecule has 0 rings (SSSR count). The van der Waals surface area contributed by atoms with Crippen LogP contribution < -0.4 is 0 Å². The third-order valence-electron chi connectivity index (χ3n) is 19.2. The summed E-state index contributed by atoms with van der Waals surface area (Å²) >= 11 is 0. The van der Waals surface area contributed by atoms with Crippen LogP contribution in [0.2, 0.25) is 0 Å². The third-order valence-corrected chi connectivity index (χ3v) is 21.1. The van der Waals surface area contributed by atoms with E-state index >= 15 is 0 Å². The molecule has 0 aliphatic rings. The van der Waals surface area contributed by atoms with Crippen molar-refractivity contribution in [2.45, 2.75) is 414 Å². The zero-order valence-corrected chi connectivity index (χ0v) is 65.5. The first kappa shape index (κ1) is 95.1. The summed E-state index contributed by atoms with van der Waals surface area (Å²) in [5.41, 5.74) is 0. The van der Waals surface area contributed by atoms with Crippen molar-refractivity contribution in [2.75, 3.05) is 39.6 Å². The molecule has 5 unspecified atom stereocenters. The third kappa shape index (κ3) is 68.3. The summed E-state index contributed by atoms with van der Waals surface area (Å²) < 4.78 is 68.5. The van der Waals surface area contributed by atoms with Gasteiger partial charge < -0.3 is 33.8 Å². The Morgan fingerprint density at radius 3 is 0.732 bits per heavy atom. The average Bonchev–Trinajstić information content (AvgIpc) is 1.90. The van der Waals surface area contributed by atoms with E-state index in [1.54, 1.807) is 0 Å². The van der Waals surface area contributed by atoms with E-state index in [2.05, 4.69) is 55.4 Å². The maximum absolute atomic E-state index is 13.1. The number of hydrogen-bond donors (Lipinski definition) is 3. The molecule has 0 aliphatic carbocycles.